The summed E-state index contributed by atoms with van der Waals surface area (Å²) < 4.78 is 13.5. The van der Waals surface area contributed by atoms with Crippen molar-refractivity contribution in [3.63, 3.8) is 0 Å². The maximum atomic E-state index is 13.5. The second-order valence-corrected chi connectivity index (χ2v) is 9.46. The molecule has 0 bridgehead atoms. The predicted molar refractivity (Wildman–Crippen MR) is 124 cm³/mol. The molecular weight excluding hydrogens is 425 g/mol. The molecule has 8 nitrogen and oxygen atoms in total. The molecule has 2 atom stereocenters. The summed E-state index contributed by atoms with van der Waals surface area (Å²) in [4.78, 5) is 46.2. The Bertz CT molecular complexity index is 1060. The topological polar surface area (TPSA) is 109 Å². The molecule has 0 radical (unpaired) electrons. The van der Waals surface area contributed by atoms with E-state index in [1.165, 1.54) is 23.2 Å². The lowest BCUT2D eigenvalue weighted by atomic mass is 9.91. The fourth-order valence-electron chi connectivity index (χ4n) is 3.85. The number of carbonyl (C=O) groups is 3. The molecule has 1 saturated heterocycles. The van der Waals surface area contributed by atoms with E-state index in [4.69, 9.17) is 5.73 Å². The van der Waals surface area contributed by atoms with Gasteiger partial charge in [0.15, 0.2) is 0 Å². The Morgan fingerprint density at radius 3 is 2.33 bits per heavy atom. The molecule has 3 amide bonds. The summed E-state index contributed by atoms with van der Waals surface area (Å²) in [5.74, 6) is -1.69. The molecule has 1 aromatic carbocycles. The van der Waals surface area contributed by atoms with Crippen molar-refractivity contribution < 1.29 is 18.8 Å². The van der Waals surface area contributed by atoms with E-state index < -0.39 is 29.1 Å². The highest BCUT2D eigenvalue weighted by Crippen LogP contribution is 2.31. The van der Waals surface area contributed by atoms with Crippen LogP contribution in [-0.4, -0.2) is 51.6 Å². The first-order valence-corrected chi connectivity index (χ1v) is 10.8. The minimum absolute atomic E-state index is 0.0536. The van der Waals surface area contributed by atoms with Gasteiger partial charge in [-0.15, -0.1) is 0 Å². The number of nitrogens with one attached hydrogen (secondary N) is 1. The molecule has 1 aliphatic heterocycles. The van der Waals surface area contributed by atoms with Gasteiger partial charge in [0, 0.05) is 24.5 Å². The van der Waals surface area contributed by atoms with Crippen LogP contribution in [0.1, 0.15) is 44.9 Å². The average Bonchev–Trinajstić information content (AvgIpc) is 2.75. The molecule has 1 fully saturated rings. The van der Waals surface area contributed by atoms with Gasteiger partial charge < -0.3 is 20.9 Å². The van der Waals surface area contributed by atoms with Gasteiger partial charge >= 0.3 is 11.8 Å². The van der Waals surface area contributed by atoms with Crippen LogP contribution in [-0.2, 0) is 14.4 Å². The molecule has 1 aliphatic rings. The molecule has 0 aliphatic carbocycles. The number of nitrogens with two attached hydrogens (primary N) is 1. The standard InChI is InChI=1S/C24H30FN5O3/c1-14-10-18(11-27-20(14)26)28-21(31)22(32)30-12-15(2)29(23(33)24(3,4)5)13-19(30)16-6-8-17(25)9-7-16/h6-11,15,19H,12-13H2,1-5H3,(H2,26,27)(H,28,31)/t15-,19-/m0/s1. The number of aryl methyl sites for hydroxylation is 1. The molecule has 3 N–H and O–H groups in total. The first kappa shape index (κ1) is 24.2. The summed E-state index contributed by atoms with van der Waals surface area (Å²) in [5, 5.41) is 2.57. The number of benzene rings is 1. The SMILES string of the molecule is Cc1cc(NC(=O)C(=O)N2C[C@H](C)N(C(=O)C(C)(C)C)C[C@H]2c2ccc(F)cc2)cnc1N. The van der Waals surface area contributed by atoms with Crippen LogP contribution in [0.15, 0.2) is 36.5 Å². The Labute approximate surface area is 193 Å². The molecule has 2 aromatic rings. The van der Waals surface area contributed by atoms with Crippen molar-refractivity contribution in [2.45, 2.75) is 46.7 Å². The molecule has 3 rings (SSSR count). The van der Waals surface area contributed by atoms with E-state index in [1.54, 1.807) is 30.0 Å². The minimum atomic E-state index is -0.823. The zero-order chi connectivity index (χ0) is 24.5. The van der Waals surface area contributed by atoms with Gasteiger partial charge in [-0.2, -0.15) is 0 Å². The lowest BCUT2D eigenvalue weighted by molar-refractivity contribution is -0.154. The Kier molecular flexibility index (Phi) is 6.71. The van der Waals surface area contributed by atoms with Crippen LogP contribution in [0.5, 0.6) is 0 Å². The van der Waals surface area contributed by atoms with Gasteiger partial charge in [0.05, 0.1) is 17.9 Å². The lowest BCUT2D eigenvalue weighted by Gasteiger charge is -2.46. The third-order valence-electron chi connectivity index (χ3n) is 5.73. The number of nitrogen functional groups attached to an aromatic ring is 1. The van der Waals surface area contributed by atoms with Gasteiger partial charge in [0.1, 0.15) is 11.6 Å². The number of anilines is 2. The zero-order valence-electron chi connectivity index (χ0n) is 19.6. The highest BCUT2D eigenvalue weighted by Gasteiger charge is 2.41. The normalized spacial score (nSPS) is 18.7. The van der Waals surface area contributed by atoms with Crippen LogP contribution in [0.4, 0.5) is 15.9 Å². The fourth-order valence-corrected chi connectivity index (χ4v) is 3.85. The minimum Gasteiger partial charge on any atom is -0.383 e. The molecule has 9 heteroatoms. The molecule has 33 heavy (non-hydrogen) atoms. The number of carbonyl (C=O) groups excluding carboxylic acids is 3. The number of amides is 3. The number of halogens is 1. The molecule has 0 unspecified atom stereocenters. The van der Waals surface area contributed by atoms with E-state index in [2.05, 4.69) is 10.3 Å². The van der Waals surface area contributed by atoms with Gasteiger partial charge in [-0.3, -0.25) is 14.4 Å². The fraction of sp³-hybridized carbons (Fsp3) is 0.417. The predicted octanol–water partition coefficient (Wildman–Crippen LogP) is 2.90. The summed E-state index contributed by atoms with van der Waals surface area (Å²) in [6, 6.07) is 6.47. The second kappa shape index (κ2) is 9.17. The third kappa shape index (κ3) is 5.30. The van der Waals surface area contributed by atoms with Gasteiger partial charge in [-0.25, -0.2) is 9.37 Å². The lowest BCUT2D eigenvalue weighted by Crippen LogP contribution is -2.60. The average molecular weight is 456 g/mol. The third-order valence-corrected chi connectivity index (χ3v) is 5.73. The van der Waals surface area contributed by atoms with E-state index in [0.717, 1.165) is 0 Å². The molecule has 2 heterocycles. The summed E-state index contributed by atoms with van der Waals surface area (Å²) in [6.07, 6.45) is 1.38. The van der Waals surface area contributed by atoms with Crippen molar-refractivity contribution in [3.8, 4) is 0 Å². The van der Waals surface area contributed by atoms with E-state index in [1.807, 2.05) is 27.7 Å². The van der Waals surface area contributed by atoms with Crippen molar-refractivity contribution in [2.24, 2.45) is 5.41 Å². The molecular formula is C24H30FN5O3. The smallest absolute Gasteiger partial charge is 0.313 e. The number of nitrogens with zero attached hydrogens (tertiary/aromatic N) is 3. The van der Waals surface area contributed by atoms with Crippen molar-refractivity contribution in [1.82, 2.24) is 14.8 Å². The van der Waals surface area contributed by atoms with Crippen LogP contribution >= 0.6 is 0 Å². The van der Waals surface area contributed by atoms with Crippen molar-refractivity contribution in [1.29, 1.82) is 0 Å². The number of rotatable bonds is 2. The van der Waals surface area contributed by atoms with Crippen molar-refractivity contribution in [3.05, 3.63) is 53.5 Å². The number of piperazine rings is 1. The van der Waals surface area contributed by atoms with Gasteiger partial charge in [0.25, 0.3) is 0 Å². The maximum Gasteiger partial charge on any atom is 0.313 e. The largest absolute Gasteiger partial charge is 0.383 e. The van der Waals surface area contributed by atoms with Crippen LogP contribution < -0.4 is 11.1 Å². The Morgan fingerprint density at radius 2 is 1.76 bits per heavy atom. The van der Waals surface area contributed by atoms with Gasteiger partial charge in [-0.05, 0) is 43.2 Å². The van der Waals surface area contributed by atoms with E-state index in [0.29, 0.717) is 22.6 Å². The number of pyridine rings is 1. The second-order valence-electron chi connectivity index (χ2n) is 9.46. The Morgan fingerprint density at radius 1 is 1.12 bits per heavy atom. The summed E-state index contributed by atoms with van der Waals surface area (Å²) >= 11 is 0. The first-order valence-electron chi connectivity index (χ1n) is 10.8. The number of aromatic nitrogens is 1. The Balaban J connectivity index is 1.89. The quantitative estimate of drug-likeness (QED) is 0.677. The van der Waals surface area contributed by atoms with E-state index in [-0.39, 0.29) is 25.0 Å². The Hall–Kier alpha value is -3.49. The highest BCUT2D eigenvalue weighted by molar-refractivity contribution is 6.39. The van der Waals surface area contributed by atoms with Crippen molar-refractivity contribution >= 4 is 29.2 Å². The summed E-state index contributed by atoms with van der Waals surface area (Å²) in [6.45, 7) is 9.46. The van der Waals surface area contributed by atoms with Crippen molar-refractivity contribution in [2.75, 3.05) is 24.1 Å². The van der Waals surface area contributed by atoms with Gasteiger partial charge in [0.2, 0.25) is 5.91 Å². The molecule has 1 aromatic heterocycles. The van der Waals surface area contributed by atoms with Crippen LogP contribution in [0.25, 0.3) is 0 Å². The monoisotopic (exact) mass is 455 g/mol. The molecule has 176 valence electrons. The maximum absolute atomic E-state index is 13.5. The molecule has 0 saturated carbocycles. The van der Waals surface area contributed by atoms with E-state index in [9.17, 15) is 18.8 Å². The molecule has 0 spiro atoms. The number of hydrogen-bond donors (Lipinski definition) is 2. The van der Waals surface area contributed by atoms with Crippen LogP contribution in [0, 0.1) is 18.2 Å². The van der Waals surface area contributed by atoms with E-state index >= 15 is 0 Å². The van der Waals surface area contributed by atoms with Crippen LogP contribution in [0.3, 0.4) is 0 Å². The zero-order valence-corrected chi connectivity index (χ0v) is 19.6. The summed E-state index contributed by atoms with van der Waals surface area (Å²) in [5.41, 5.74) is 6.78. The first-order chi connectivity index (χ1) is 15.4. The number of hydrogen-bond acceptors (Lipinski definition) is 5. The van der Waals surface area contributed by atoms with Crippen LogP contribution in [0.2, 0.25) is 0 Å². The summed E-state index contributed by atoms with van der Waals surface area (Å²) in [7, 11) is 0. The van der Waals surface area contributed by atoms with Gasteiger partial charge in [-0.1, -0.05) is 32.9 Å². The highest BCUT2D eigenvalue weighted by atomic mass is 19.1.